The molecule has 0 N–H and O–H groups in total. The number of aromatic nitrogens is 1. The largest absolute Gasteiger partial charge is 0.380 e. The van der Waals surface area contributed by atoms with Crippen molar-refractivity contribution in [3.8, 4) is 0 Å². The van der Waals surface area contributed by atoms with E-state index in [-0.39, 0.29) is 0 Å². The number of benzene rings is 1. The van der Waals surface area contributed by atoms with Crippen LogP contribution in [0.25, 0.3) is 10.9 Å². The minimum Gasteiger partial charge on any atom is -0.380 e. The van der Waals surface area contributed by atoms with Crippen LogP contribution >= 0.6 is 11.6 Å². The fraction of sp³-hybridized carbons (Fsp3) is 0.182. The fourth-order valence-corrected chi connectivity index (χ4v) is 1.65. The van der Waals surface area contributed by atoms with Gasteiger partial charge in [-0.05, 0) is 17.7 Å². The first kappa shape index (κ1) is 9.44. The molecule has 2 rings (SSSR count). The van der Waals surface area contributed by atoms with Gasteiger partial charge in [0.2, 0.25) is 0 Å². The van der Waals surface area contributed by atoms with Crippen molar-refractivity contribution in [1.29, 1.82) is 0 Å². The van der Waals surface area contributed by atoms with Gasteiger partial charge in [0, 0.05) is 18.7 Å². The Hall–Kier alpha value is -1.12. The van der Waals surface area contributed by atoms with Gasteiger partial charge in [-0.1, -0.05) is 23.7 Å². The van der Waals surface area contributed by atoms with Crippen molar-refractivity contribution in [3.05, 3.63) is 41.0 Å². The van der Waals surface area contributed by atoms with Crippen molar-refractivity contribution >= 4 is 22.5 Å². The molecular weight excluding hydrogens is 198 g/mol. The van der Waals surface area contributed by atoms with Gasteiger partial charge in [0.05, 0.1) is 17.1 Å². The summed E-state index contributed by atoms with van der Waals surface area (Å²) in [7, 11) is 1.67. The monoisotopic (exact) mass is 207 g/mol. The third-order valence-corrected chi connectivity index (χ3v) is 2.33. The quantitative estimate of drug-likeness (QED) is 0.755. The molecule has 0 atom stereocenters. The Morgan fingerprint density at radius 3 is 3.07 bits per heavy atom. The molecule has 14 heavy (non-hydrogen) atoms. The molecule has 0 aliphatic carbocycles. The molecule has 0 spiro atoms. The highest BCUT2D eigenvalue weighted by atomic mass is 35.5. The van der Waals surface area contributed by atoms with Gasteiger partial charge in [-0.25, -0.2) is 0 Å². The van der Waals surface area contributed by atoms with Gasteiger partial charge in [0.25, 0.3) is 0 Å². The molecule has 1 heterocycles. The van der Waals surface area contributed by atoms with Crippen LogP contribution in [0.15, 0.2) is 30.5 Å². The topological polar surface area (TPSA) is 22.1 Å². The summed E-state index contributed by atoms with van der Waals surface area (Å²) >= 11 is 5.99. The van der Waals surface area contributed by atoms with Crippen LogP contribution in [0.5, 0.6) is 0 Å². The molecule has 0 aliphatic rings. The van der Waals surface area contributed by atoms with Gasteiger partial charge in [-0.15, -0.1) is 0 Å². The zero-order chi connectivity index (χ0) is 9.97. The number of fused-ring (bicyclic) bond motifs is 1. The summed E-state index contributed by atoms with van der Waals surface area (Å²) in [5.74, 6) is 0. The summed E-state index contributed by atoms with van der Waals surface area (Å²) in [5, 5.41) is 1.73. The van der Waals surface area contributed by atoms with E-state index in [9.17, 15) is 0 Å². The summed E-state index contributed by atoms with van der Waals surface area (Å²) in [6, 6.07) is 7.79. The highest BCUT2D eigenvalue weighted by Crippen LogP contribution is 2.21. The second-order valence-corrected chi connectivity index (χ2v) is 3.50. The number of rotatable bonds is 2. The minimum absolute atomic E-state index is 0.579. The predicted molar refractivity (Wildman–Crippen MR) is 57.5 cm³/mol. The number of halogens is 1. The number of pyridine rings is 1. The molecule has 3 heteroatoms. The average molecular weight is 208 g/mol. The third kappa shape index (κ3) is 1.72. The smallest absolute Gasteiger partial charge is 0.0888 e. The maximum absolute atomic E-state index is 5.99. The number of methoxy groups -OCH3 is 1. The molecule has 1 aromatic heterocycles. The second-order valence-electron chi connectivity index (χ2n) is 3.09. The van der Waals surface area contributed by atoms with E-state index in [1.54, 1.807) is 13.3 Å². The highest BCUT2D eigenvalue weighted by Gasteiger charge is 2.00. The van der Waals surface area contributed by atoms with Crippen LogP contribution in [0.4, 0.5) is 0 Å². The van der Waals surface area contributed by atoms with Gasteiger partial charge in [-0.2, -0.15) is 0 Å². The number of hydrogen-bond donors (Lipinski definition) is 0. The summed E-state index contributed by atoms with van der Waals surface area (Å²) in [6.07, 6.45) is 1.79. The lowest BCUT2D eigenvalue weighted by Crippen LogP contribution is -1.89. The van der Waals surface area contributed by atoms with E-state index in [1.165, 1.54) is 0 Å². The molecule has 0 amide bonds. The Labute approximate surface area is 87.5 Å². The van der Waals surface area contributed by atoms with Crippen molar-refractivity contribution in [2.75, 3.05) is 7.11 Å². The lowest BCUT2D eigenvalue weighted by atomic mass is 10.2. The maximum Gasteiger partial charge on any atom is 0.0888 e. The Morgan fingerprint density at radius 1 is 1.43 bits per heavy atom. The first-order valence-corrected chi connectivity index (χ1v) is 4.71. The third-order valence-electron chi connectivity index (χ3n) is 2.03. The average Bonchev–Trinajstić information content (AvgIpc) is 2.18. The van der Waals surface area contributed by atoms with Gasteiger partial charge < -0.3 is 4.74 Å². The van der Waals surface area contributed by atoms with E-state index < -0.39 is 0 Å². The Morgan fingerprint density at radius 2 is 2.29 bits per heavy atom. The van der Waals surface area contributed by atoms with E-state index in [4.69, 9.17) is 16.3 Å². The molecule has 0 radical (unpaired) electrons. The van der Waals surface area contributed by atoms with Crippen LogP contribution in [-0.2, 0) is 11.3 Å². The fourth-order valence-electron chi connectivity index (χ4n) is 1.41. The van der Waals surface area contributed by atoms with Crippen LogP contribution < -0.4 is 0 Å². The molecule has 0 fully saturated rings. The van der Waals surface area contributed by atoms with Crippen LogP contribution in [0.2, 0.25) is 5.02 Å². The molecule has 0 aliphatic heterocycles. The van der Waals surface area contributed by atoms with Crippen LogP contribution in [-0.4, -0.2) is 12.1 Å². The van der Waals surface area contributed by atoms with E-state index in [2.05, 4.69) is 4.98 Å². The van der Waals surface area contributed by atoms with Crippen LogP contribution in [0.1, 0.15) is 5.56 Å². The van der Waals surface area contributed by atoms with Crippen molar-refractivity contribution in [3.63, 3.8) is 0 Å². The Kier molecular flexibility index (Phi) is 2.66. The first-order valence-electron chi connectivity index (χ1n) is 4.33. The maximum atomic E-state index is 5.99. The molecule has 2 aromatic rings. The number of ether oxygens (including phenoxy) is 1. The van der Waals surface area contributed by atoms with Crippen LogP contribution in [0, 0.1) is 0 Å². The molecule has 1 aromatic carbocycles. The van der Waals surface area contributed by atoms with E-state index in [1.807, 2.05) is 24.3 Å². The predicted octanol–water partition coefficient (Wildman–Crippen LogP) is 3.03. The van der Waals surface area contributed by atoms with Gasteiger partial charge >= 0.3 is 0 Å². The lowest BCUT2D eigenvalue weighted by molar-refractivity contribution is 0.185. The summed E-state index contributed by atoms with van der Waals surface area (Å²) in [4.78, 5) is 4.29. The number of hydrogen-bond acceptors (Lipinski definition) is 2. The Bertz CT molecular complexity index is 456. The normalized spacial score (nSPS) is 10.7. The van der Waals surface area contributed by atoms with Crippen molar-refractivity contribution < 1.29 is 4.74 Å². The van der Waals surface area contributed by atoms with Crippen molar-refractivity contribution in [2.45, 2.75) is 6.61 Å². The Balaban J connectivity index is 2.56. The number of para-hydroxylation sites is 1. The first-order chi connectivity index (χ1) is 6.81. The lowest BCUT2D eigenvalue weighted by Gasteiger charge is -2.02. The molecule has 0 saturated carbocycles. The molecule has 0 saturated heterocycles. The molecule has 0 bridgehead atoms. The van der Waals surface area contributed by atoms with Crippen LogP contribution in [0.3, 0.4) is 0 Å². The second kappa shape index (κ2) is 3.95. The summed E-state index contributed by atoms with van der Waals surface area (Å²) in [6.45, 7) is 0.579. The van der Waals surface area contributed by atoms with Crippen molar-refractivity contribution in [2.24, 2.45) is 0 Å². The number of nitrogens with zero attached hydrogens (tertiary/aromatic N) is 1. The standard InChI is InChI=1S/C11H10ClNO/c1-14-7-8-5-9-3-2-4-10(12)11(9)13-6-8/h2-6H,7H2,1H3. The zero-order valence-corrected chi connectivity index (χ0v) is 8.58. The summed E-state index contributed by atoms with van der Waals surface area (Å²) < 4.78 is 5.03. The molecule has 0 unspecified atom stereocenters. The van der Waals surface area contributed by atoms with Crippen molar-refractivity contribution in [1.82, 2.24) is 4.98 Å². The zero-order valence-electron chi connectivity index (χ0n) is 7.83. The highest BCUT2D eigenvalue weighted by molar-refractivity contribution is 6.35. The molecule has 72 valence electrons. The van der Waals surface area contributed by atoms with E-state index in [0.29, 0.717) is 11.6 Å². The van der Waals surface area contributed by atoms with Gasteiger partial charge in [-0.3, -0.25) is 4.98 Å². The summed E-state index contributed by atoms with van der Waals surface area (Å²) in [5.41, 5.74) is 1.90. The van der Waals surface area contributed by atoms with E-state index >= 15 is 0 Å². The van der Waals surface area contributed by atoms with Gasteiger partial charge in [0.1, 0.15) is 0 Å². The molecular formula is C11H10ClNO. The SMILES string of the molecule is COCc1cnc2c(Cl)cccc2c1. The van der Waals surface area contributed by atoms with E-state index in [0.717, 1.165) is 16.5 Å². The van der Waals surface area contributed by atoms with Gasteiger partial charge in [0.15, 0.2) is 0 Å². The molecule has 2 nitrogen and oxygen atoms in total. The minimum atomic E-state index is 0.579.